The van der Waals surface area contributed by atoms with E-state index in [-0.39, 0.29) is 12.0 Å². The third kappa shape index (κ3) is 29.9. The van der Waals surface area contributed by atoms with Gasteiger partial charge in [0.2, 0.25) is 0 Å². The van der Waals surface area contributed by atoms with Crippen molar-refractivity contribution in [2.24, 2.45) is 0 Å². The van der Waals surface area contributed by atoms with Gasteiger partial charge >= 0.3 is 5.97 Å². The number of unbranched alkanes of at least 4 members (excludes halogenated alkanes) is 9. The largest absolute Gasteiger partial charge is 0.748 e. The molecule has 0 saturated heterocycles. The zero-order valence-corrected chi connectivity index (χ0v) is 15.8. The van der Waals surface area contributed by atoms with Gasteiger partial charge in [-0.3, -0.25) is 0 Å². The van der Waals surface area contributed by atoms with Gasteiger partial charge < -0.3 is 15.0 Å². The Kier molecular flexibility index (Phi) is 17.3. The SMILES string of the molecule is CCCCCCCCCCCCOC(=O)C(C)[NH3+].CS(=O)(=O)[O-]. The number of ether oxygens (including phenoxy) is 1. The third-order valence-corrected chi connectivity index (χ3v) is 3.14. The first-order valence-corrected chi connectivity index (χ1v) is 10.4. The summed E-state index contributed by atoms with van der Waals surface area (Å²) in [5, 5.41) is 0. The van der Waals surface area contributed by atoms with Crippen LogP contribution in [0.15, 0.2) is 0 Å². The standard InChI is InChI=1S/C15H31NO2.CH4O3S/c1-3-4-5-6-7-8-9-10-11-12-13-18-15(17)14(2)16;1-5(2,3)4/h14H,3-13,16H2,1-2H3;1H3,(H,2,3,4). The van der Waals surface area contributed by atoms with Crippen molar-refractivity contribution >= 4 is 16.1 Å². The molecular weight excluding hydrogens is 318 g/mol. The third-order valence-electron chi connectivity index (χ3n) is 3.14. The Hall–Kier alpha value is -0.660. The van der Waals surface area contributed by atoms with E-state index in [0.29, 0.717) is 12.9 Å². The Bertz CT molecular complexity index is 361. The average Bonchev–Trinajstić information content (AvgIpc) is 2.42. The predicted molar refractivity (Wildman–Crippen MR) is 90.8 cm³/mol. The molecule has 0 saturated carbocycles. The van der Waals surface area contributed by atoms with Crippen molar-refractivity contribution in [1.82, 2.24) is 0 Å². The zero-order chi connectivity index (χ0) is 18.1. The number of hydrogen-bond acceptors (Lipinski definition) is 5. The molecule has 0 rings (SSSR count). The van der Waals surface area contributed by atoms with Crippen LogP contribution in [-0.4, -0.2) is 37.8 Å². The van der Waals surface area contributed by atoms with Crippen LogP contribution in [0.2, 0.25) is 0 Å². The van der Waals surface area contributed by atoms with Crippen molar-refractivity contribution in [3.8, 4) is 0 Å². The minimum Gasteiger partial charge on any atom is -0.748 e. The lowest BCUT2D eigenvalue weighted by atomic mass is 10.1. The van der Waals surface area contributed by atoms with Crippen LogP contribution in [-0.2, 0) is 19.6 Å². The number of carbonyl (C=O) groups is 1. The summed E-state index contributed by atoms with van der Waals surface area (Å²) in [6.07, 6.45) is 13.6. The molecule has 6 nitrogen and oxygen atoms in total. The Balaban J connectivity index is 0. The molecule has 0 aromatic carbocycles. The van der Waals surface area contributed by atoms with Gasteiger partial charge in [-0.15, -0.1) is 0 Å². The molecule has 0 fully saturated rings. The Morgan fingerprint density at radius 2 is 1.35 bits per heavy atom. The maximum atomic E-state index is 11.1. The highest BCUT2D eigenvalue weighted by Crippen LogP contribution is 2.10. The zero-order valence-electron chi connectivity index (χ0n) is 15.0. The fraction of sp³-hybridized carbons (Fsp3) is 0.938. The van der Waals surface area contributed by atoms with Crippen LogP contribution in [0.4, 0.5) is 0 Å². The molecule has 0 aliphatic rings. The van der Waals surface area contributed by atoms with Crippen molar-refractivity contribution in [2.45, 2.75) is 84.1 Å². The second-order valence-electron chi connectivity index (χ2n) is 5.95. The van der Waals surface area contributed by atoms with Crippen LogP contribution in [0.5, 0.6) is 0 Å². The van der Waals surface area contributed by atoms with E-state index < -0.39 is 10.1 Å². The van der Waals surface area contributed by atoms with Gasteiger partial charge in [0.15, 0.2) is 6.04 Å². The second-order valence-corrected chi connectivity index (χ2v) is 7.36. The normalized spacial score (nSPS) is 12.2. The van der Waals surface area contributed by atoms with Crippen molar-refractivity contribution in [2.75, 3.05) is 12.9 Å². The number of quaternary nitrogens is 1. The highest BCUT2D eigenvalue weighted by molar-refractivity contribution is 7.84. The Morgan fingerprint density at radius 1 is 1.00 bits per heavy atom. The quantitative estimate of drug-likeness (QED) is 0.328. The van der Waals surface area contributed by atoms with E-state index in [4.69, 9.17) is 17.7 Å². The second kappa shape index (κ2) is 16.2. The average molecular weight is 354 g/mol. The lowest BCUT2D eigenvalue weighted by Gasteiger charge is -2.05. The van der Waals surface area contributed by atoms with Gasteiger partial charge in [-0.2, -0.15) is 0 Å². The maximum Gasteiger partial charge on any atom is 0.364 e. The summed E-state index contributed by atoms with van der Waals surface area (Å²) < 4.78 is 32.3. The van der Waals surface area contributed by atoms with Gasteiger partial charge in [0.25, 0.3) is 0 Å². The molecule has 0 aliphatic carbocycles. The van der Waals surface area contributed by atoms with Gasteiger partial charge in [0.05, 0.1) is 16.7 Å². The minimum atomic E-state index is -3.92. The topological polar surface area (TPSA) is 111 Å². The summed E-state index contributed by atoms with van der Waals surface area (Å²) >= 11 is 0. The van der Waals surface area contributed by atoms with Crippen molar-refractivity contribution in [1.29, 1.82) is 0 Å². The predicted octanol–water partition coefficient (Wildman–Crippen LogP) is 2.24. The van der Waals surface area contributed by atoms with Crippen LogP contribution in [0.3, 0.4) is 0 Å². The summed E-state index contributed by atoms with van der Waals surface area (Å²) in [5.41, 5.74) is 3.63. The molecule has 0 heterocycles. The molecule has 0 radical (unpaired) electrons. The highest BCUT2D eigenvalue weighted by atomic mass is 32.2. The molecule has 0 aliphatic heterocycles. The molecule has 0 aromatic heterocycles. The molecule has 7 heteroatoms. The summed E-state index contributed by atoms with van der Waals surface area (Å²) in [6.45, 7) is 4.58. The molecule has 0 amide bonds. The van der Waals surface area contributed by atoms with Crippen molar-refractivity contribution < 1.29 is 28.2 Å². The van der Waals surface area contributed by atoms with E-state index in [1.807, 2.05) is 0 Å². The van der Waals surface area contributed by atoms with E-state index in [0.717, 1.165) is 6.42 Å². The highest BCUT2D eigenvalue weighted by Gasteiger charge is 2.11. The lowest BCUT2D eigenvalue weighted by Crippen LogP contribution is -2.63. The first-order valence-electron chi connectivity index (χ1n) is 8.59. The first-order chi connectivity index (χ1) is 10.7. The number of hydrogen-bond donors (Lipinski definition) is 1. The van der Waals surface area contributed by atoms with Crippen LogP contribution >= 0.6 is 0 Å². The fourth-order valence-electron chi connectivity index (χ4n) is 1.90. The summed E-state index contributed by atoms with van der Waals surface area (Å²) in [7, 11) is -3.92. The number of carbonyl (C=O) groups excluding carboxylic acids is 1. The van der Waals surface area contributed by atoms with Crippen LogP contribution in [0.1, 0.15) is 78.1 Å². The molecule has 140 valence electrons. The van der Waals surface area contributed by atoms with Gasteiger partial charge in [0.1, 0.15) is 0 Å². The summed E-state index contributed by atoms with van der Waals surface area (Å²) in [5.74, 6) is -0.175. The van der Waals surface area contributed by atoms with Crippen molar-refractivity contribution in [3.05, 3.63) is 0 Å². The van der Waals surface area contributed by atoms with Gasteiger partial charge in [0, 0.05) is 6.26 Å². The van der Waals surface area contributed by atoms with E-state index in [1.54, 1.807) is 6.92 Å². The van der Waals surface area contributed by atoms with Crippen LogP contribution in [0.25, 0.3) is 0 Å². The Labute approximate surface area is 141 Å². The number of esters is 1. The van der Waals surface area contributed by atoms with E-state index in [9.17, 15) is 4.79 Å². The lowest BCUT2D eigenvalue weighted by molar-refractivity contribution is -0.402. The van der Waals surface area contributed by atoms with Crippen LogP contribution < -0.4 is 5.73 Å². The number of rotatable bonds is 12. The van der Waals surface area contributed by atoms with Gasteiger partial charge in [-0.25, -0.2) is 13.2 Å². The minimum absolute atomic E-state index is 0.175. The molecular formula is C16H35NO5S. The summed E-state index contributed by atoms with van der Waals surface area (Å²) in [6, 6.07) is -0.242. The van der Waals surface area contributed by atoms with E-state index in [1.165, 1.54) is 57.8 Å². The fourth-order valence-corrected chi connectivity index (χ4v) is 1.90. The maximum absolute atomic E-state index is 11.1. The van der Waals surface area contributed by atoms with E-state index in [2.05, 4.69) is 12.7 Å². The molecule has 1 atom stereocenters. The smallest absolute Gasteiger partial charge is 0.364 e. The molecule has 0 bridgehead atoms. The molecule has 1 unspecified atom stereocenters. The van der Waals surface area contributed by atoms with E-state index >= 15 is 0 Å². The van der Waals surface area contributed by atoms with Gasteiger partial charge in [-0.05, 0) is 13.3 Å². The monoisotopic (exact) mass is 353 g/mol. The van der Waals surface area contributed by atoms with Gasteiger partial charge in [-0.1, -0.05) is 64.7 Å². The summed E-state index contributed by atoms with van der Waals surface area (Å²) in [4.78, 5) is 11.1. The molecule has 0 spiro atoms. The molecule has 0 aromatic rings. The van der Waals surface area contributed by atoms with Crippen LogP contribution in [0, 0.1) is 0 Å². The Morgan fingerprint density at radius 3 is 1.70 bits per heavy atom. The first kappa shape index (κ1) is 24.6. The molecule has 3 N–H and O–H groups in total. The van der Waals surface area contributed by atoms with Crippen molar-refractivity contribution in [3.63, 3.8) is 0 Å². The molecule has 23 heavy (non-hydrogen) atoms.